The minimum absolute atomic E-state index is 0.0126. The molecule has 1 aromatic carbocycles. The molecule has 0 aliphatic carbocycles. The second-order valence-corrected chi connectivity index (χ2v) is 3.34. The maximum absolute atomic E-state index is 11.2. The molecule has 84 valence electrons. The van der Waals surface area contributed by atoms with Gasteiger partial charge in [0.2, 0.25) is 0 Å². The molecule has 0 saturated carbocycles. The summed E-state index contributed by atoms with van der Waals surface area (Å²) in [5.74, 6) is -1.06. The molecule has 0 aliphatic rings. The lowest BCUT2D eigenvalue weighted by Gasteiger charge is -2.01. The van der Waals surface area contributed by atoms with Crippen molar-refractivity contribution in [2.75, 3.05) is 0 Å². The molecule has 1 aromatic heterocycles. The third-order valence-corrected chi connectivity index (χ3v) is 2.14. The molecule has 0 unspecified atom stereocenters. The summed E-state index contributed by atoms with van der Waals surface area (Å²) in [6.45, 7) is 0. The predicted octanol–water partition coefficient (Wildman–Crippen LogP) is 2.29. The lowest BCUT2D eigenvalue weighted by atomic mass is 10.1. The topological polar surface area (TPSA) is 62.5 Å². The van der Waals surface area contributed by atoms with Crippen molar-refractivity contribution in [1.82, 2.24) is 4.98 Å². The molecule has 0 saturated heterocycles. The first-order valence-corrected chi connectivity index (χ1v) is 5.05. The van der Waals surface area contributed by atoms with E-state index in [0.717, 1.165) is 0 Å². The third kappa shape index (κ3) is 2.75. The van der Waals surface area contributed by atoms with Gasteiger partial charge < -0.3 is 5.11 Å². The van der Waals surface area contributed by atoms with Gasteiger partial charge in [0.05, 0.1) is 11.9 Å². The summed E-state index contributed by atoms with van der Waals surface area (Å²) in [4.78, 5) is 19.1. The van der Waals surface area contributed by atoms with Gasteiger partial charge in [-0.2, -0.15) is 0 Å². The number of rotatable bonds is 3. The second-order valence-electron chi connectivity index (χ2n) is 3.34. The number of nitrogens with zero attached hydrogens (tertiary/aromatic N) is 2. The van der Waals surface area contributed by atoms with Gasteiger partial charge >= 0.3 is 5.97 Å². The Labute approximate surface area is 98.3 Å². The molecular weight excluding hydrogens is 216 g/mol. The Kier molecular flexibility index (Phi) is 3.25. The van der Waals surface area contributed by atoms with Crippen LogP contribution in [0.25, 0.3) is 0 Å². The maximum Gasteiger partial charge on any atom is 0.355 e. The monoisotopic (exact) mass is 226 g/mol. The van der Waals surface area contributed by atoms with Gasteiger partial charge in [0.15, 0.2) is 5.71 Å². The molecule has 1 N–H and O–H groups in total. The van der Waals surface area contributed by atoms with Crippen LogP contribution in [-0.2, 0) is 4.79 Å². The maximum atomic E-state index is 11.2. The summed E-state index contributed by atoms with van der Waals surface area (Å²) in [5, 5.41) is 9.14. The lowest BCUT2D eigenvalue weighted by Crippen LogP contribution is -2.13. The molecule has 4 heteroatoms. The van der Waals surface area contributed by atoms with E-state index in [1.807, 2.05) is 6.07 Å². The van der Waals surface area contributed by atoms with Crippen molar-refractivity contribution >= 4 is 17.4 Å². The predicted molar refractivity (Wildman–Crippen MR) is 64.5 cm³/mol. The molecule has 2 rings (SSSR count). The first kappa shape index (κ1) is 11.0. The van der Waals surface area contributed by atoms with Crippen molar-refractivity contribution in [3.63, 3.8) is 0 Å². The van der Waals surface area contributed by atoms with Gasteiger partial charge in [0.1, 0.15) is 0 Å². The molecule has 0 spiro atoms. The summed E-state index contributed by atoms with van der Waals surface area (Å²) < 4.78 is 0. The number of aromatic nitrogens is 1. The van der Waals surface area contributed by atoms with Crippen LogP contribution in [-0.4, -0.2) is 21.8 Å². The third-order valence-electron chi connectivity index (χ3n) is 2.14. The molecule has 0 bridgehead atoms. The standard InChI is InChI=1S/C13H10N2O2/c16-13(17)12(10-5-2-1-3-6-10)15-11-7-4-8-14-9-11/h1-9H,(H,16,17). The number of aliphatic carboxylic acids is 1. The Morgan fingerprint density at radius 2 is 1.88 bits per heavy atom. The van der Waals surface area contributed by atoms with E-state index in [0.29, 0.717) is 11.3 Å². The Balaban J connectivity index is 2.44. The van der Waals surface area contributed by atoms with Crippen LogP contribution in [0.5, 0.6) is 0 Å². The summed E-state index contributed by atoms with van der Waals surface area (Å²) >= 11 is 0. The fourth-order valence-electron chi connectivity index (χ4n) is 1.38. The smallest absolute Gasteiger partial charge is 0.355 e. The number of hydrogen-bond donors (Lipinski definition) is 1. The highest BCUT2D eigenvalue weighted by Gasteiger charge is 2.11. The molecule has 17 heavy (non-hydrogen) atoms. The summed E-state index contributed by atoms with van der Waals surface area (Å²) in [7, 11) is 0. The zero-order chi connectivity index (χ0) is 12.1. The lowest BCUT2D eigenvalue weighted by molar-refractivity contribution is -0.129. The Hall–Kier alpha value is -2.49. The van der Waals surface area contributed by atoms with E-state index in [1.54, 1.807) is 42.6 Å². The quantitative estimate of drug-likeness (QED) is 0.816. The number of carboxylic acid groups (broad SMARTS) is 1. The molecule has 0 radical (unpaired) electrons. The summed E-state index contributed by atoms with van der Waals surface area (Å²) in [5.41, 5.74) is 1.11. The van der Waals surface area contributed by atoms with Gasteiger partial charge in [0, 0.05) is 11.8 Å². The highest BCUT2D eigenvalue weighted by Crippen LogP contribution is 2.12. The van der Waals surface area contributed by atoms with E-state index in [9.17, 15) is 4.79 Å². The number of hydrogen-bond acceptors (Lipinski definition) is 3. The molecule has 0 atom stereocenters. The highest BCUT2D eigenvalue weighted by molar-refractivity contribution is 6.43. The zero-order valence-electron chi connectivity index (χ0n) is 8.95. The van der Waals surface area contributed by atoms with Gasteiger partial charge in [-0.15, -0.1) is 0 Å². The highest BCUT2D eigenvalue weighted by atomic mass is 16.4. The van der Waals surface area contributed by atoms with E-state index < -0.39 is 5.97 Å². The van der Waals surface area contributed by atoms with Crippen molar-refractivity contribution < 1.29 is 9.90 Å². The SMILES string of the molecule is O=C(O)C(=Nc1cccnc1)c1ccccc1. The first-order valence-electron chi connectivity index (χ1n) is 5.05. The van der Waals surface area contributed by atoms with Gasteiger partial charge in [-0.05, 0) is 12.1 Å². The summed E-state index contributed by atoms with van der Waals surface area (Å²) in [6.07, 6.45) is 3.13. The van der Waals surface area contributed by atoms with Crippen LogP contribution in [0.2, 0.25) is 0 Å². The van der Waals surface area contributed by atoms with E-state index >= 15 is 0 Å². The van der Waals surface area contributed by atoms with Gasteiger partial charge in [0.25, 0.3) is 0 Å². The number of carbonyl (C=O) groups is 1. The molecule has 0 amide bonds. The van der Waals surface area contributed by atoms with Crippen LogP contribution in [0.3, 0.4) is 0 Å². The Morgan fingerprint density at radius 1 is 1.12 bits per heavy atom. The van der Waals surface area contributed by atoms with Gasteiger partial charge in [-0.1, -0.05) is 30.3 Å². The molecule has 1 heterocycles. The van der Waals surface area contributed by atoms with E-state index in [1.165, 1.54) is 6.20 Å². The van der Waals surface area contributed by atoms with E-state index in [4.69, 9.17) is 5.11 Å². The van der Waals surface area contributed by atoms with Gasteiger partial charge in [-0.25, -0.2) is 9.79 Å². The fraction of sp³-hybridized carbons (Fsp3) is 0. The van der Waals surface area contributed by atoms with Crippen LogP contribution in [0.4, 0.5) is 5.69 Å². The normalized spacial score (nSPS) is 11.2. The summed E-state index contributed by atoms with van der Waals surface area (Å²) in [6, 6.07) is 12.2. The Bertz CT molecular complexity index is 536. The van der Waals surface area contributed by atoms with Crippen LogP contribution in [0.15, 0.2) is 59.9 Å². The molecule has 2 aromatic rings. The minimum Gasteiger partial charge on any atom is -0.476 e. The van der Waals surface area contributed by atoms with E-state index in [-0.39, 0.29) is 5.71 Å². The molecule has 0 fully saturated rings. The number of benzene rings is 1. The molecule has 4 nitrogen and oxygen atoms in total. The average Bonchev–Trinajstić information content (AvgIpc) is 2.38. The minimum atomic E-state index is -1.06. The molecular formula is C13H10N2O2. The average molecular weight is 226 g/mol. The van der Waals surface area contributed by atoms with Crippen LogP contribution >= 0.6 is 0 Å². The van der Waals surface area contributed by atoms with Crippen molar-refractivity contribution in [3.8, 4) is 0 Å². The first-order chi connectivity index (χ1) is 8.27. The number of aliphatic imine (C=N–C) groups is 1. The van der Waals surface area contributed by atoms with Crippen LogP contribution in [0.1, 0.15) is 5.56 Å². The second kappa shape index (κ2) is 5.03. The van der Waals surface area contributed by atoms with E-state index in [2.05, 4.69) is 9.98 Å². The van der Waals surface area contributed by atoms with Crippen molar-refractivity contribution in [2.24, 2.45) is 4.99 Å². The molecule has 0 aliphatic heterocycles. The number of pyridine rings is 1. The van der Waals surface area contributed by atoms with Crippen LogP contribution in [0, 0.1) is 0 Å². The zero-order valence-corrected chi connectivity index (χ0v) is 8.95. The largest absolute Gasteiger partial charge is 0.476 e. The van der Waals surface area contributed by atoms with Crippen LogP contribution < -0.4 is 0 Å². The fourth-order valence-corrected chi connectivity index (χ4v) is 1.38. The number of carboxylic acids is 1. The van der Waals surface area contributed by atoms with Gasteiger partial charge in [-0.3, -0.25) is 4.98 Å². The Morgan fingerprint density at radius 3 is 2.47 bits per heavy atom. The van der Waals surface area contributed by atoms with Crippen molar-refractivity contribution in [1.29, 1.82) is 0 Å². The van der Waals surface area contributed by atoms with Crippen molar-refractivity contribution in [3.05, 3.63) is 60.4 Å². The van der Waals surface area contributed by atoms with Crippen molar-refractivity contribution in [2.45, 2.75) is 0 Å².